The van der Waals surface area contributed by atoms with Gasteiger partial charge in [-0.1, -0.05) is 108 Å². The molecule has 11 bridgehead atoms. The number of aliphatic hydroxyl groups excluding tert-OH is 11. The highest BCUT2D eigenvalue weighted by Crippen LogP contribution is 2.51. The molecule has 6 heterocycles. The Morgan fingerprint density at radius 2 is 1.29 bits per heavy atom. The van der Waals surface area contributed by atoms with Gasteiger partial charge in [-0.15, -0.1) is 0 Å². The number of carbonyl (C=O) groups is 10. The second kappa shape index (κ2) is 45.1. The molecule has 12 rings (SSSR count). The van der Waals surface area contributed by atoms with Gasteiger partial charge in [-0.25, -0.2) is 4.79 Å². The monoisotopic (exact) mass is 1860 g/mol. The summed E-state index contributed by atoms with van der Waals surface area (Å²) >= 11 is 14.4. The van der Waals surface area contributed by atoms with Gasteiger partial charge in [-0.2, -0.15) is 0 Å². The third kappa shape index (κ3) is 24.3. The highest BCUT2D eigenvalue weighted by atomic mass is 35.5. The summed E-state index contributed by atoms with van der Waals surface area (Å²) in [5.41, 5.74) is 0.539. The van der Waals surface area contributed by atoms with Crippen LogP contribution < -0.4 is 73.1 Å². The van der Waals surface area contributed by atoms with Gasteiger partial charge >= 0.3 is 5.97 Å². The van der Waals surface area contributed by atoms with Gasteiger partial charge in [0.05, 0.1) is 59.0 Å². The molecular formula is C87H115Cl2N11O30. The number of halogens is 2. The number of carbonyl (C=O) groups excluding carboxylic acids is 9. The molecule has 1 saturated heterocycles. The van der Waals surface area contributed by atoms with Crippen molar-refractivity contribution in [2.45, 2.75) is 252 Å². The lowest BCUT2D eigenvalue weighted by Crippen LogP contribution is -2.64. The number of primary amides is 1. The molecule has 9 amide bonds. The van der Waals surface area contributed by atoms with Gasteiger partial charge in [0, 0.05) is 36.2 Å². The number of carboxylic acids is 1. The normalized spacial score (nSPS) is 26.4. The summed E-state index contributed by atoms with van der Waals surface area (Å²) in [6, 6.07) is -2.43. The van der Waals surface area contributed by atoms with Crippen LogP contribution in [-0.4, -0.2) is 266 Å². The fourth-order valence-electron chi connectivity index (χ4n) is 16.4. The van der Waals surface area contributed by atoms with Gasteiger partial charge in [-0.3, -0.25) is 43.2 Å². The third-order valence-electron chi connectivity index (χ3n) is 23.6. The predicted molar refractivity (Wildman–Crippen MR) is 460 cm³/mol. The van der Waals surface area contributed by atoms with E-state index in [2.05, 4.69) is 60.1 Å². The van der Waals surface area contributed by atoms with Crippen LogP contribution in [0.25, 0.3) is 11.1 Å². The number of ether oxygens (including phenoxy) is 5. The molecule has 5 aromatic carbocycles. The minimum Gasteiger partial charge on any atom is -0.507 e. The van der Waals surface area contributed by atoms with Crippen molar-refractivity contribution in [2.75, 3.05) is 33.4 Å². The van der Waals surface area contributed by atoms with Crippen molar-refractivity contribution in [3.63, 3.8) is 0 Å². The molecule has 1 aliphatic carbocycles. The highest BCUT2D eigenvalue weighted by Gasteiger charge is 2.53. The van der Waals surface area contributed by atoms with Crippen LogP contribution >= 0.6 is 23.2 Å². The molecular weight excluding hydrogens is 1750 g/mol. The maximum atomic E-state index is 16.5. The van der Waals surface area contributed by atoms with Crippen LogP contribution in [-0.2, 0) is 64.0 Å². The fraction of sp³-hybridized carbons (Fsp3) is 0.540. The number of likely N-dealkylation sites (N-methyl/N-ethyl adjacent to an activating group) is 1. The number of nitrogens with one attached hydrogen (secondary N) is 10. The number of rotatable bonds is 33. The van der Waals surface area contributed by atoms with Crippen LogP contribution in [0.1, 0.15) is 182 Å². The lowest BCUT2D eigenvalue weighted by atomic mass is 9.73. The number of phenolic OH excluding ortho intramolecular Hbond substituents is 3. The van der Waals surface area contributed by atoms with Crippen LogP contribution in [0, 0.1) is 11.8 Å². The first-order valence-corrected chi connectivity index (χ1v) is 43.5. The molecule has 0 aromatic heterocycles. The number of amides is 9. The van der Waals surface area contributed by atoms with E-state index in [1.165, 1.54) is 19.2 Å². The Morgan fingerprint density at radius 1 is 0.677 bits per heavy atom. The van der Waals surface area contributed by atoms with Gasteiger partial charge in [-0.05, 0) is 141 Å². The molecule has 0 radical (unpaired) electrons. The number of aromatic hydroxyl groups is 3. The molecule has 27 N–H and O–H groups in total. The number of unbranched alkanes of at least 4 members (excludes halogenated alkanes) is 6. The molecule has 41 nitrogen and oxygen atoms in total. The van der Waals surface area contributed by atoms with Crippen LogP contribution in [0.15, 0.2) is 72.8 Å². The smallest absolute Gasteiger partial charge is 0.330 e. The second-order valence-electron chi connectivity index (χ2n) is 33.9. The number of carboxylic acid groups (broad SMARTS) is 1. The van der Waals surface area contributed by atoms with Crippen LogP contribution in [0.2, 0.25) is 10.0 Å². The zero-order valence-electron chi connectivity index (χ0n) is 72.0. The molecule has 0 spiro atoms. The SMILES string of the molecule is CCCCCCCCCC(=O)NC1(C)C[C@H](O[C@H]2C(Oc3c4cc5cc3Oc3ccc(cc3Cl)[C@@H](O)[C@@H](NC(=O)[C@@H](CC(C)C)NC)C(=O)NC(CC(N)=O)C(=O)N[C@H]5C(=O)N[C@@H]3C(=O)N[C@H](C(=O)N[C@H](C(=O)O)c5cc(O)c(CNCCCNC(=O)[C@H](O)[C@@H](O)[C@H](O)[C@H](O)CO)c(O)c5-c5cc3ccc5O)[C@H](O)c3ccc(c(Cl)c3)O4)O[C@H](CO)C(O)C2O)C[C@@H](C)[C@H]1O. The Hall–Kier alpha value is -10.4. The largest absolute Gasteiger partial charge is 0.507 e. The lowest BCUT2D eigenvalue weighted by Gasteiger charge is -2.48. The number of aliphatic carboxylic acids is 1. The number of hydrogen-bond acceptors (Lipinski definition) is 31. The minimum absolute atomic E-state index is 0.0167. The molecule has 2 fully saturated rings. The topological polar surface area (TPSA) is 667 Å². The molecule has 1 saturated carbocycles. The Bertz CT molecular complexity index is 4920. The van der Waals surface area contributed by atoms with Crippen LogP contribution in [0.5, 0.6) is 46.0 Å². The van der Waals surface area contributed by atoms with E-state index in [1.807, 2.05) is 0 Å². The second-order valence-corrected chi connectivity index (χ2v) is 34.7. The van der Waals surface area contributed by atoms with E-state index in [0.29, 0.717) is 6.42 Å². The summed E-state index contributed by atoms with van der Waals surface area (Å²) in [4.78, 5) is 146. The van der Waals surface area contributed by atoms with E-state index in [4.69, 9.17) is 57.7 Å². The molecule has 712 valence electrons. The summed E-state index contributed by atoms with van der Waals surface area (Å²) < 4.78 is 33.4. The van der Waals surface area contributed by atoms with E-state index >= 15 is 24.0 Å². The van der Waals surface area contributed by atoms with Crippen molar-refractivity contribution < 1.29 is 148 Å². The van der Waals surface area contributed by atoms with Crippen LogP contribution in [0.3, 0.4) is 0 Å². The Kier molecular flexibility index (Phi) is 35.3. The van der Waals surface area contributed by atoms with Crippen molar-refractivity contribution in [1.29, 1.82) is 0 Å². The molecule has 5 aromatic rings. The predicted octanol–water partition coefficient (Wildman–Crippen LogP) is 0.0998. The Balaban J connectivity index is 1.15. The Morgan fingerprint density at radius 3 is 1.90 bits per heavy atom. The summed E-state index contributed by atoms with van der Waals surface area (Å²) in [5.74, 6) is -19.2. The van der Waals surface area contributed by atoms with Crippen molar-refractivity contribution in [3.05, 3.63) is 116 Å². The van der Waals surface area contributed by atoms with E-state index in [1.54, 1.807) is 27.7 Å². The van der Waals surface area contributed by atoms with Crippen molar-refractivity contribution in [3.8, 4) is 57.1 Å². The summed E-state index contributed by atoms with van der Waals surface area (Å²) in [6.07, 6.45) is -19.3. The van der Waals surface area contributed by atoms with Gasteiger partial charge in [0.25, 0.3) is 5.91 Å². The Labute approximate surface area is 756 Å². The van der Waals surface area contributed by atoms with E-state index in [9.17, 15) is 95.5 Å². The zero-order valence-corrected chi connectivity index (χ0v) is 73.5. The number of aliphatic hydroxyl groups is 11. The van der Waals surface area contributed by atoms with Crippen LogP contribution in [0.4, 0.5) is 0 Å². The summed E-state index contributed by atoms with van der Waals surface area (Å²) in [6.45, 7) is 6.12. The number of benzene rings is 5. The molecule has 6 aliphatic heterocycles. The maximum Gasteiger partial charge on any atom is 0.330 e. The van der Waals surface area contributed by atoms with E-state index in [0.717, 1.165) is 99.2 Å². The molecule has 5 unspecified atom stereocenters. The maximum absolute atomic E-state index is 16.5. The first-order valence-electron chi connectivity index (χ1n) is 42.8. The number of nitrogens with two attached hydrogens (primary N) is 1. The third-order valence-corrected chi connectivity index (χ3v) is 24.2. The van der Waals surface area contributed by atoms with E-state index in [-0.39, 0.29) is 73.9 Å². The van der Waals surface area contributed by atoms with Gasteiger partial charge < -0.3 is 159 Å². The molecule has 22 atom stereocenters. The number of hydrogen-bond donors (Lipinski definition) is 26. The standard InChI is InChI=1S/C87H115Cl2N11O30/c1-7-8-9-10-11-12-13-15-60(107)100-87(5)33-43(25-38(4)77(87)116)126-76-73(114)71(112)58(36-102)129-86(76)130-75-56-29-42-30-57(75)128-55-21-18-41(28-48(55)89)68(109)66-83(122)97-64(85(124)125)45-31-52(104)46(34-92-22-14-23-93-84(123)74(115)72(113)70(111)53(105)35-101)69(110)61(45)44-26-39(16-19-51(44)103)62(80(119)99-66)96-81(120)63(42)95-79(118)50(32-59(90)106)94-82(121)65(98-78(117)49(91-6)24-37(2)3)67(108)40-17-20-54(127-56)47(88)27-40/h16-21,26-31,37-38,43,49-50,53,58,62-68,70-74,76-77,86,91-92,101-105,108-116H,7-15,22-25,32-36H2,1-6H3,(H2,90,106)(H,93,123)(H,94,121)(H,95,118)(H,96,120)(H,97,122)(H,98,117)(H,99,119)(H,100,107)(H,124,125)/t38-,43-,49-,50?,53-,58-,62+,63-,64+,65-,66+,67-,68-,70-,71?,72+,73?,74-,76-,77-,86?,87?/m1/s1. The first kappa shape index (κ1) is 102. The quantitative estimate of drug-likeness (QED) is 0.0248. The van der Waals surface area contributed by atoms with Crippen molar-refractivity contribution >= 4 is 82.3 Å². The summed E-state index contributed by atoms with van der Waals surface area (Å²) in [7, 11) is 1.46. The molecule has 7 aliphatic rings. The number of fused-ring (bicyclic) bond motifs is 15. The minimum atomic E-state index is -2.44. The van der Waals surface area contributed by atoms with E-state index < -0.39 is 296 Å². The number of phenols is 3. The van der Waals surface area contributed by atoms with Gasteiger partial charge in [0.1, 0.15) is 114 Å². The lowest BCUT2D eigenvalue weighted by molar-refractivity contribution is -0.299. The van der Waals surface area contributed by atoms with Gasteiger partial charge in [0.15, 0.2) is 23.6 Å². The zero-order chi connectivity index (χ0) is 95.2. The average molecular weight is 1870 g/mol. The highest BCUT2D eigenvalue weighted by molar-refractivity contribution is 6.32. The fourth-order valence-corrected chi connectivity index (χ4v) is 16.9. The van der Waals surface area contributed by atoms with Crippen molar-refractivity contribution in [2.24, 2.45) is 17.6 Å². The van der Waals surface area contributed by atoms with Crippen molar-refractivity contribution in [1.82, 2.24) is 53.2 Å². The average Bonchev–Trinajstić information content (AvgIpc) is 0.809. The van der Waals surface area contributed by atoms with Gasteiger partial charge in [0.2, 0.25) is 59.3 Å². The first-order chi connectivity index (χ1) is 61.6. The summed E-state index contributed by atoms with van der Waals surface area (Å²) in [5, 5.41) is 194. The molecule has 43 heteroatoms. The molecule has 130 heavy (non-hydrogen) atoms.